The van der Waals surface area contributed by atoms with E-state index >= 15 is 0 Å². The molecule has 1 saturated carbocycles. The summed E-state index contributed by atoms with van der Waals surface area (Å²) in [6.45, 7) is 0.827. The third-order valence-corrected chi connectivity index (χ3v) is 3.69. The predicted octanol–water partition coefficient (Wildman–Crippen LogP) is 2.89. The van der Waals surface area contributed by atoms with Gasteiger partial charge < -0.3 is 10.4 Å². The lowest BCUT2D eigenvalue weighted by atomic mass is 10.1. The first-order valence-electron chi connectivity index (χ1n) is 5.80. The van der Waals surface area contributed by atoms with Gasteiger partial charge in [-0.1, -0.05) is 15.9 Å². The Balaban J connectivity index is 1.97. The number of aliphatic hydroxyl groups excluding tert-OH is 1. The zero-order valence-corrected chi connectivity index (χ0v) is 11.1. The van der Waals surface area contributed by atoms with E-state index in [2.05, 4.69) is 27.3 Å². The highest BCUT2D eigenvalue weighted by Crippen LogP contribution is 2.27. The third kappa shape index (κ3) is 3.21. The zero-order chi connectivity index (χ0) is 12.3. The van der Waals surface area contributed by atoms with Gasteiger partial charge in [0.25, 0.3) is 0 Å². The number of nitriles is 1. The number of rotatable bonds is 3. The predicted molar refractivity (Wildman–Crippen MR) is 70.7 cm³/mol. The molecule has 1 fully saturated rings. The second kappa shape index (κ2) is 5.52. The van der Waals surface area contributed by atoms with E-state index in [0.29, 0.717) is 11.5 Å². The van der Waals surface area contributed by atoms with Gasteiger partial charge >= 0.3 is 0 Å². The fraction of sp³-hybridized carbons (Fsp3) is 0.462. The van der Waals surface area contributed by atoms with E-state index in [-0.39, 0.29) is 6.10 Å². The van der Waals surface area contributed by atoms with Crippen LogP contribution < -0.4 is 5.32 Å². The molecule has 90 valence electrons. The van der Waals surface area contributed by atoms with E-state index in [1.54, 1.807) is 0 Å². The summed E-state index contributed by atoms with van der Waals surface area (Å²) in [5, 5.41) is 21.8. The molecule has 0 aliphatic heterocycles. The Morgan fingerprint density at radius 3 is 2.94 bits per heavy atom. The molecule has 2 rings (SSSR count). The zero-order valence-electron chi connectivity index (χ0n) is 9.49. The van der Waals surface area contributed by atoms with Crippen molar-refractivity contribution < 1.29 is 5.11 Å². The monoisotopic (exact) mass is 294 g/mol. The summed E-state index contributed by atoms with van der Waals surface area (Å²) in [5.74, 6) is 0.514. The number of anilines is 1. The fourth-order valence-electron chi connectivity index (χ4n) is 2.25. The first-order chi connectivity index (χ1) is 8.19. The van der Waals surface area contributed by atoms with Gasteiger partial charge in [-0.3, -0.25) is 0 Å². The van der Waals surface area contributed by atoms with Gasteiger partial charge in [-0.15, -0.1) is 0 Å². The molecule has 2 unspecified atom stereocenters. The second-order valence-corrected chi connectivity index (χ2v) is 5.43. The Morgan fingerprint density at radius 1 is 1.47 bits per heavy atom. The van der Waals surface area contributed by atoms with Crippen molar-refractivity contribution >= 4 is 21.6 Å². The van der Waals surface area contributed by atoms with Crippen LogP contribution in [0.25, 0.3) is 0 Å². The van der Waals surface area contributed by atoms with Crippen molar-refractivity contribution in [1.29, 1.82) is 5.26 Å². The minimum absolute atomic E-state index is 0.137. The average Bonchev–Trinajstić information content (AvgIpc) is 2.73. The van der Waals surface area contributed by atoms with Crippen LogP contribution in [-0.4, -0.2) is 17.8 Å². The maximum Gasteiger partial charge on any atom is 0.101 e. The summed E-state index contributed by atoms with van der Waals surface area (Å²) >= 11 is 3.35. The van der Waals surface area contributed by atoms with Gasteiger partial charge in [0.2, 0.25) is 0 Å². The molecule has 4 heteroatoms. The number of nitrogens with one attached hydrogen (secondary N) is 1. The Morgan fingerprint density at radius 2 is 2.29 bits per heavy atom. The lowest BCUT2D eigenvalue weighted by Crippen LogP contribution is -2.13. The Kier molecular flexibility index (Phi) is 4.03. The summed E-state index contributed by atoms with van der Waals surface area (Å²) in [6.07, 6.45) is 2.69. The molecule has 0 radical (unpaired) electrons. The van der Waals surface area contributed by atoms with Crippen molar-refractivity contribution in [3.63, 3.8) is 0 Å². The molecule has 1 aromatic rings. The van der Waals surface area contributed by atoms with Crippen LogP contribution in [0.5, 0.6) is 0 Å². The van der Waals surface area contributed by atoms with E-state index < -0.39 is 0 Å². The lowest BCUT2D eigenvalue weighted by Gasteiger charge is -2.13. The lowest BCUT2D eigenvalue weighted by molar-refractivity contribution is 0.178. The summed E-state index contributed by atoms with van der Waals surface area (Å²) in [7, 11) is 0. The van der Waals surface area contributed by atoms with Gasteiger partial charge in [-0.25, -0.2) is 0 Å². The van der Waals surface area contributed by atoms with Crippen molar-refractivity contribution in [2.24, 2.45) is 5.92 Å². The molecule has 0 amide bonds. The Bertz CT molecular complexity index is 442. The SMILES string of the molecule is N#Cc1cc(Br)ccc1NCC1CCC(O)C1. The first-order valence-corrected chi connectivity index (χ1v) is 6.60. The molecule has 3 nitrogen and oxygen atoms in total. The number of benzene rings is 1. The third-order valence-electron chi connectivity index (χ3n) is 3.20. The Hall–Kier alpha value is -1.05. The summed E-state index contributed by atoms with van der Waals surface area (Å²) < 4.78 is 0.913. The first kappa shape index (κ1) is 12.4. The Labute approximate surface area is 110 Å². The minimum Gasteiger partial charge on any atom is -0.393 e. The summed E-state index contributed by atoms with van der Waals surface area (Å²) in [6, 6.07) is 7.82. The van der Waals surface area contributed by atoms with Gasteiger partial charge in [-0.05, 0) is 43.4 Å². The standard InChI is InChI=1S/C13H15BrN2O/c14-11-2-4-13(10(6-11)7-15)16-8-9-1-3-12(17)5-9/h2,4,6,9,12,16-17H,1,3,5,8H2. The number of hydrogen-bond donors (Lipinski definition) is 2. The maximum atomic E-state index is 9.45. The van der Waals surface area contributed by atoms with Gasteiger partial charge in [0.05, 0.1) is 17.4 Å². The molecular weight excluding hydrogens is 280 g/mol. The number of halogens is 1. The molecule has 17 heavy (non-hydrogen) atoms. The topological polar surface area (TPSA) is 56.0 Å². The fourth-order valence-corrected chi connectivity index (χ4v) is 2.61. The summed E-state index contributed by atoms with van der Waals surface area (Å²) in [4.78, 5) is 0. The minimum atomic E-state index is -0.137. The molecule has 2 N–H and O–H groups in total. The molecule has 1 aliphatic carbocycles. The van der Waals surface area contributed by atoms with Gasteiger partial charge in [-0.2, -0.15) is 5.26 Å². The van der Waals surface area contributed by atoms with E-state index in [1.165, 1.54) is 0 Å². The van der Waals surface area contributed by atoms with Crippen molar-refractivity contribution in [3.05, 3.63) is 28.2 Å². The van der Waals surface area contributed by atoms with E-state index in [0.717, 1.165) is 36.0 Å². The van der Waals surface area contributed by atoms with Crippen LogP contribution in [-0.2, 0) is 0 Å². The number of hydrogen-bond acceptors (Lipinski definition) is 3. The number of nitrogens with zero attached hydrogens (tertiary/aromatic N) is 1. The molecule has 0 spiro atoms. The van der Waals surface area contributed by atoms with Gasteiger partial charge in [0.15, 0.2) is 0 Å². The molecule has 2 atom stereocenters. The van der Waals surface area contributed by atoms with Crippen LogP contribution in [0.1, 0.15) is 24.8 Å². The average molecular weight is 295 g/mol. The van der Waals surface area contributed by atoms with Crippen LogP contribution >= 0.6 is 15.9 Å². The van der Waals surface area contributed by atoms with Crippen molar-refractivity contribution in [2.75, 3.05) is 11.9 Å². The van der Waals surface area contributed by atoms with E-state index in [9.17, 15) is 5.11 Å². The largest absolute Gasteiger partial charge is 0.393 e. The molecule has 0 aromatic heterocycles. The van der Waals surface area contributed by atoms with Crippen LogP contribution in [0.3, 0.4) is 0 Å². The highest BCUT2D eigenvalue weighted by Gasteiger charge is 2.22. The van der Waals surface area contributed by atoms with E-state index in [4.69, 9.17) is 5.26 Å². The molecule has 0 saturated heterocycles. The smallest absolute Gasteiger partial charge is 0.101 e. The highest BCUT2D eigenvalue weighted by molar-refractivity contribution is 9.10. The quantitative estimate of drug-likeness (QED) is 0.901. The molecule has 0 bridgehead atoms. The van der Waals surface area contributed by atoms with Crippen LogP contribution in [0.4, 0.5) is 5.69 Å². The normalized spacial score (nSPS) is 23.4. The highest BCUT2D eigenvalue weighted by atomic mass is 79.9. The molecule has 0 heterocycles. The molecular formula is C13H15BrN2O. The van der Waals surface area contributed by atoms with Crippen LogP contribution in [0.2, 0.25) is 0 Å². The van der Waals surface area contributed by atoms with Crippen molar-refractivity contribution in [2.45, 2.75) is 25.4 Å². The second-order valence-electron chi connectivity index (χ2n) is 4.52. The maximum absolute atomic E-state index is 9.45. The van der Waals surface area contributed by atoms with E-state index in [1.807, 2.05) is 18.2 Å². The van der Waals surface area contributed by atoms with Gasteiger partial charge in [0.1, 0.15) is 6.07 Å². The molecule has 1 aliphatic rings. The number of aliphatic hydroxyl groups is 1. The molecule has 1 aromatic carbocycles. The summed E-state index contributed by atoms with van der Waals surface area (Å²) in [5.41, 5.74) is 1.52. The van der Waals surface area contributed by atoms with Crippen LogP contribution in [0, 0.1) is 17.2 Å². The van der Waals surface area contributed by atoms with Crippen LogP contribution in [0.15, 0.2) is 22.7 Å². The van der Waals surface area contributed by atoms with Gasteiger partial charge in [0, 0.05) is 11.0 Å². The van der Waals surface area contributed by atoms with Crippen molar-refractivity contribution in [3.8, 4) is 6.07 Å². The van der Waals surface area contributed by atoms with Crippen molar-refractivity contribution in [1.82, 2.24) is 0 Å².